The van der Waals surface area contributed by atoms with Crippen LogP contribution in [0.15, 0.2) is 54.6 Å². The van der Waals surface area contributed by atoms with Crippen LogP contribution in [0.3, 0.4) is 0 Å². The van der Waals surface area contributed by atoms with Crippen LogP contribution in [0.2, 0.25) is 0 Å². The van der Waals surface area contributed by atoms with E-state index in [1.165, 1.54) is 0 Å². The van der Waals surface area contributed by atoms with Gasteiger partial charge in [0.2, 0.25) is 0 Å². The molecule has 1 heterocycles. The minimum Gasteiger partial charge on any atom is -0.396 e. The van der Waals surface area contributed by atoms with Gasteiger partial charge in [0.05, 0.1) is 0 Å². The van der Waals surface area contributed by atoms with Gasteiger partial charge in [-0.15, -0.1) is 0 Å². The Morgan fingerprint density at radius 3 is 2.71 bits per heavy atom. The Balaban J connectivity index is 1.67. The number of anilines is 1. The molecule has 2 N–H and O–H groups in total. The second kappa shape index (κ2) is 7.60. The first-order chi connectivity index (χ1) is 11.7. The summed E-state index contributed by atoms with van der Waals surface area (Å²) in [6.07, 6.45) is 1.03. The van der Waals surface area contributed by atoms with E-state index in [0.717, 1.165) is 30.8 Å². The van der Waals surface area contributed by atoms with E-state index < -0.39 is 0 Å². The Bertz CT molecular complexity index is 687. The molecule has 2 atom stereocenters. The first-order valence-electron chi connectivity index (χ1n) is 8.47. The van der Waals surface area contributed by atoms with Crippen LogP contribution in [0.1, 0.15) is 29.3 Å². The summed E-state index contributed by atoms with van der Waals surface area (Å²) in [5, 5.41) is 12.3. The fourth-order valence-electron chi connectivity index (χ4n) is 3.31. The van der Waals surface area contributed by atoms with Gasteiger partial charge in [-0.2, -0.15) is 0 Å². The van der Waals surface area contributed by atoms with Crippen molar-refractivity contribution in [2.45, 2.75) is 25.9 Å². The zero-order valence-corrected chi connectivity index (χ0v) is 14.0. The van der Waals surface area contributed by atoms with E-state index in [4.69, 9.17) is 0 Å². The number of benzene rings is 2. The number of hydrogen-bond acceptors (Lipinski definition) is 3. The summed E-state index contributed by atoms with van der Waals surface area (Å²) in [7, 11) is 0. The predicted molar refractivity (Wildman–Crippen MR) is 95.9 cm³/mol. The van der Waals surface area contributed by atoms with E-state index in [1.54, 1.807) is 0 Å². The van der Waals surface area contributed by atoms with Gasteiger partial charge in [0.15, 0.2) is 0 Å². The van der Waals surface area contributed by atoms with Gasteiger partial charge in [0, 0.05) is 30.4 Å². The Kier molecular flexibility index (Phi) is 5.28. The Morgan fingerprint density at radius 2 is 2.00 bits per heavy atom. The summed E-state index contributed by atoms with van der Waals surface area (Å²) in [6, 6.07) is 17.6. The molecule has 0 spiro atoms. The lowest BCUT2D eigenvalue weighted by molar-refractivity contribution is 0.102. The first kappa shape index (κ1) is 16.7. The number of nitrogens with one attached hydrogen (secondary N) is 1. The number of carbonyl (C=O) groups is 1. The summed E-state index contributed by atoms with van der Waals surface area (Å²) in [4.78, 5) is 14.8. The second-order valence-electron chi connectivity index (χ2n) is 6.46. The van der Waals surface area contributed by atoms with Crippen molar-refractivity contribution in [1.82, 2.24) is 4.90 Å². The smallest absolute Gasteiger partial charge is 0.255 e. The van der Waals surface area contributed by atoms with Crippen molar-refractivity contribution in [3.05, 3.63) is 65.7 Å². The van der Waals surface area contributed by atoms with E-state index in [9.17, 15) is 9.90 Å². The lowest BCUT2D eigenvalue weighted by Gasteiger charge is -2.24. The molecule has 126 valence electrons. The highest BCUT2D eigenvalue weighted by atomic mass is 16.3. The van der Waals surface area contributed by atoms with E-state index in [2.05, 4.69) is 23.2 Å². The highest BCUT2D eigenvalue weighted by Crippen LogP contribution is 2.25. The van der Waals surface area contributed by atoms with E-state index >= 15 is 0 Å². The number of aliphatic hydroxyl groups excluding tert-OH is 1. The lowest BCUT2D eigenvalue weighted by Crippen LogP contribution is -2.30. The largest absolute Gasteiger partial charge is 0.396 e. The quantitative estimate of drug-likeness (QED) is 0.888. The molecular weight excluding hydrogens is 300 g/mol. The third kappa shape index (κ3) is 3.83. The Morgan fingerprint density at radius 1 is 1.21 bits per heavy atom. The summed E-state index contributed by atoms with van der Waals surface area (Å²) < 4.78 is 0. The molecule has 24 heavy (non-hydrogen) atoms. The van der Waals surface area contributed by atoms with Gasteiger partial charge < -0.3 is 10.4 Å². The highest BCUT2D eigenvalue weighted by molar-refractivity contribution is 6.04. The molecule has 1 amide bonds. The number of nitrogens with zero attached hydrogens (tertiary/aromatic N) is 1. The van der Waals surface area contributed by atoms with Gasteiger partial charge in [-0.05, 0) is 55.6 Å². The number of hydrogen-bond donors (Lipinski definition) is 2. The molecule has 2 aromatic rings. The van der Waals surface area contributed by atoms with Crippen molar-refractivity contribution < 1.29 is 9.90 Å². The van der Waals surface area contributed by atoms with Crippen molar-refractivity contribution in [2.75, 3.05) is 18.5 Å². The summed E-state index contributed by atoms with van der Waals surface area (Å²) in [5.41, 5.74) is 2.59. The van der Waals surface area contributed by atoms with Crippen molar-refractivity contribution in [1.29, 1.82) is 0 Å². The van der Waals surface area contributed by atoms with Gasteiger partial charge in [0.25, 0.3) is 5.91 Å². The molecule has 0 bridgehead atoms. The number of carbonyl (C=O) groups excluding carboxylic acids is 1. The topological polar surface area (TPSA) is 52.6 Å². The third-order valence-corrected chi connectivity index (χ3v) is 4.89. The molecule has 1 saturated heterocycles. The third-order valence-electron chi connectivity index (χ3n) is 4.89. The number of likely N-dealkylation sites (tertiary alicyclic amines) is 1. The molecule has 3 rings (SSSR count). The van der Waals surface area contributed by atoms with E-state index in [-0.39, 0.29) is 12.5 Å². The highest BCUT2D eigenvalue weighted by Gasteiger charge is 2.29. The molecule has 4 nitrogen and oxygen atoms in total. The Hall–Kier alpha value is -2.17. The fourth-order valence-corrected chi connectivity index (χ4v) is 3.31. The standard InChI is InChI=1S/C20H24N2O2/c1-15-18(14-23)10-11-22(15)13-16-6-5-7-17(12-16)20(24)21-19-8-3-2-4-9-19/h2-9,12,15,18,23H,10-11,13-14H2,1H3,(H,21,24). The van der Waals surface area contributed by atoms with Crippen LogP contribution in [0.4, 0.5) is 5.69 Å². The van der Waals surface area contributed by atoms with Crippen LogP contribution < -0.4 is 5.32 Å². The molecule has 0 radical (unpaired) electrons. The first-order valence-corrected chi connectivity index (χ1v) is 8.47. The maximum Gasteiger partial charge on any atom is 0.255 e. The average Bonchev–Trinajstić information content (AvgIpc) is 2.96. The number of rotatable bonds is 5. The average molecular weight is 324 g/mol. The van der Waals surface area contributed by atoms with Crippen LogP contribution in [0.25, 0.3) is 0 Å². The summed E-state index contributed by atoms with van der Waals surface area (Å²) in [5.74, 6) is 0.264. The number of aliphatic hydroxyl groups is 1. The van der Waals surface area contributed by atoms with Crippen LogP contribution in [-0.4, -0.2) is 35.1 Å². The van der Waals surface area contributed by atoms with Crippen LogP contribution in [0, 0.1) is 5.92 Å². The Labute approximate surface area is 143 Å². The maximum absolute atomic E-state index is 12.4. The second-order valence-corrected chi connectivity index (χ2v) is 6.46. The van der Waals surface area contributed by atoms with Gasteiger partial charge in [0.1, 0.15) is 0 Å². The molecule has 2 unspecified atom stereocenters. The molecule has 2 aromatic carbocycles. The van der Waals surface area contributed by atoms with Crippen LogP contribution in [0.5, 0.6) is 0 Å². The van der Waals surface area contributed by atoms with Crippen molar-refractivity contribution in [3.63, 3.8) is 0 Å². The van der Waals surface area contributed by atoms with Crippen molar-refractivity contribution in [2.24, 2.45) is 5.92 Å². The zero-order chi connectivity index (χ0) is 16.9. The minimum absolute atomic E-state index is 0.0919. The number of para-hydroxylation sites is 1. The molecule has 1 fully saturated rings. The SMILES string of the molecule is CC1C(CO)CCN1Cc1cccc(C(=O)Nc2ccccc2)c1. The molecule has 1 aliphatic heterocycles. The van der Waals surface area contributed by atoms with Gasteiger partial charge in [-0.1, -0.05) is 30.3 Å². The van der Waals surface area contributed by atoms with E-state index in [0.29, 0.717) is 17.5 Å². The molecule has 0 aliphatic carbocycles. The monoisotopic (exact) mass is 324 g/mol. The minimum atomic E-state index is -0.0919. The van der Waals surface area contributed by atoms with E-state index in [1.807, 2.05) is 48.5 Å². The van der Waals surface area contributed by atoms with Gasteiger partial charge in [-0.25, -0.2) is 0 Å². The fraction of sp³-hybridized carbons (Fsp3) is 0.350. The van der Waals surface area contributed by atoms with Gasteiger partial charge in [-0.3, -0.25) is 9.69 Å². The molecule has 0 aromatic heterocycles. The normalized spacial score (nSPS) is 20.9. The van der Waals surface area contributed by atoms with Crippen LogP contribution in [-0.2, 0) is 6.54 Å². The maximum atomic E-state index is 12.4. The van der Waals surface area contributed by atoms with Gasteiger partial charge >= 0.3 is 0 Å². The molecule has 0 saturated carbocycles. The molecule has 4 heteroatoms. The predicted octanol–water partition coefficient (Wildman–Crippen LogP) is 3.14. The van der Waals surface area contributed by atoms with Crippen LogP contribution >= 0.6 is 0 Å². The summed E-state index contributed by atoms with van der Waals surface area (Å²) in [6.45, 7) is 4.22. The molecular formula is C20H24N2O2. The van der Waals surface area contributed by atoms with Crippen molar-refractivity contribution >= 4 is 11.6 Å². The number of amides is 1. The zero-order valence-electron chi connectivity index (χ0n) is 14.0. The van der Waals surface area contributed by atoms with Crippen molar-refractivity contribution in [3.8, 4) is 0 Å². The molecule has 1 aliphatic rings. The lowest BCUT2D eigenvalue weighted by atomic mass is 10.0. The summed E-state index contributed by atoms with van der Waals surface area (Å²) >= 11 is 0.